The van der Waals surface area contributed by atoms with Gasteiger partial charge in [-0.15, -0.1) is 11.8 Å². The van der Waals surface area contributed by atoms with Crippen molar-refractivity contribution in [3.8, 4) is 5.75 Å². The Morgan fingerprint density at radius 3 is 2.78 bits per heavy atom. The van der Waals surface area contributed by atoms with Gasteiger partial charge in [0.2, 0.25) is 0 Å². The van der Waals surface area contributed by atoms with Crippen molar-refractivity contribution in [3.05, 3.63) is 36.4 Å². The number of hydrogen-bond donors (Lipinski definition) is 1. The summed E-state index contributed by atoms with van der Waals surface area (Å²) < 4.78 is 7.43. The van der Waals surface area contributed by atoms with Crippen molar-refractivity contribution in [1.82, 2.24) is 9.78 Å². The standard InChI is InChI=1S/C13H17N3OS/c1-18-13-10-12(14)16(15-13)8-5-9-17-11-6-3-2-4-7-11/h2-4,6-7,10H,5,8-9,14H2,1H3. The van der Waals surface area contributed by atoms with E-state index in [0.717, 1.165) is 23.7 Å². The second-order valence-corrected chi connectivity index (χ2v) is 4.68. The molecule has 0 unspecified atom stereocenters. The van der Waals surface area contributed by atoms with Crippen LogP contribution in [0.5, 0.6) is 5.75 Å². The number of ether oxygens (including phenoxy) is 1. The summed E-state index contributed by atoms with van der Waals surface area (Å²) in [6.07, 6.45) is 2.87. The number of nitrogen functional groups attached to an aromatic ring is 1. The lowest BCUT2D eigenvalue weighted by Gasteiger charge is -2.06. The fraction of sp³-hybridized carbons (Fsp3) is 0.308. The molecular formula is C13H17N3OS. The van der Waals surface area contributed by atoms with Crippen LogP contribution < -0.4 is 10.5 Å². The van der Waals surface area contributed by atoms with E-state index in [2.05, 4.69) is 5.10 Å². The van der Waals surface area contributed by atoms with Gasteiger partial charge in [-0.1, -0.05) is 18.2 Å². The first kappa shape index (κ1) is 12.8. The van der Waals surface area contributed by atoms with Crippen LogP contribution in [0.15, 0.2) is 41.4 Å². The van der Waals surface area contributed by atoms with Gasteiger partial charge < -0.3 is 10.5 Å². The van der Waals surface area contributed by atoms with E-state index in [1.165, 1.54) is 0 Å². The molecule has 0 aliphatic carbocycles. The first-order valence-corrected chi connectivity index (χ1v) is 7.07. The van der Waals surface area contributed by atoms with Crippen molar-refractivity contribution in [2.75, 3.05) is 18.6 Å². The van der Waals surface area contributed by atoms with Gasteiger partial charge >= 0.3 is 0 Å². The largest absolute Gasteiger partial charge is 0.494 e. The van der Waals surface area contributed by atoms with E-state index < -0.39 is 0 Å². The molecule has 2 rings (SSSR count). The van der Waals surface area contributed by atoms with Gasteiger partial charge in [-0.2, -0.15) is 5.10 Å². The number of anilines is 1. The Balaban J connectivity index is 1.76. The second-order valence-electron chi connectivity index (χ2n) is 3.85. The third-order valence-corrected chi connectivity index (χ3v) is 3.14. The topological polar surface area (TPSA) is 53.1 Å². The SMILES string of the molecule is CSc1cc(N)n(CCCOc2ccccc2)n1. The Morgan fingerprint density at radius 2 is 2.11 bits per heavy atom. The van der Waals surface area contributed by atoms with Gasteiger partial charge in [-0.3, -0.25) is 0 Å². The zero-order chi connectivity index (χ0) is 12.8. The Morgan fingerprint density at radius 1 is 1.33 bits per heavy atom. The van der Waals surface area contributed by atoms with Crippen molar-refractivity contribution in [3.63, 3.8) is 0 Å². The summed E-state index contributed by atoms with van der Waals surface area (Å²) in [5, 5.41) is 5.33. The zero-order valence-electron chi connectivity index (χ0n) is 10.4. The van der Waals surface area contributed by atoms with Crippen molar-refractivity contribution in [2.45, 2.75) is 18.0 Å². The maximum Gasteiger partial charge on any atom is 0.122 e. The van der Waals surface area contributed by atoms with Crippen molar-refractivity contribution in [1.29, 1.82) is 0 Å². The molecule has 1 aromatic carbocycles. The minimum absolute atomic E-state index is 0.665. The van der Waals surface area contributed by atoms with E-state index in [0.29, 0.717) is 12.4 Å². The van der Waals surface area contributed by atoms with Crippen molar-refractivity contribution in [2.24, 2.45) is 0 Å². The number of hydrogen-bond acceptors (Lipinski definition) is 4. The smallest absolute Gasteiger partial charge is 0.122 e. The fourth-order valence-corrected chi connectivity index (χ4v) is 2.03. The molecule has 2 aromatic rings. The molecule has 0 aliphatic rings. The van der Waals surface area contributed by atoms with Crippen LogP contribution in [-0.2, 0) is 6.54 Å². The van der Waals surface area contributed by atoms with Crippen LogP contribution in [0.2, 0.25) is 0 Å². The maximum atomic E-state index is 5.86. The third kappa shape index (κ3) is 3.43. The molecule has 0 amide bonds. The van der Waals surface area contributed by atoms with Crippen LogP contribution in [0.4, 0.5) is 5.82 Å². The van der Waals surface area contributed by atoms with E-state index in [-0.39, 0.29) is 0 Å². The van der Waals surface area contributed by atoms with Gasteiger partial charge in [0.05, 0.1) is 6.61 Å². The highest BCUT2D eigenvalue weighted by Crippen LogP contribution is 2.16. The van der Waals surface area contributed by atoms with Gasteiger partial charge in [0, 0.05) is 19.0 Å². The highest BCUT2D eigenvalue weighted by atomic mass is 32.2. The average Bonchev–Trinajstić information content (AvgIpc) is 2.77. The molecule has 18 heavy (non-hydrogen) atoms. The summed E-state index contributed by atoms with van der Waals surface area (Å²) in [5.74, 6) is 1.61. The minimum Gasteiger partial charge on any atom is -0.494 e. The number of nitrogens with zero attached hydrogens (tertiary/aromatic N) is 2. The van der Waals surface area contributed by atoms with E-state index in [1.54, 1.807) is 11.8 Å². The molecule has 0 atom stereocenters. The summed E-state index contributed by atoms with van der Waals surface area (Å²) in [4.78, 5) is 0. The molecule has 1 aromatic heterocycles. The van der Waals surface area contributed by atoms with Crippen LogP contribution in [-0.4, -0.2) is 22.6 Å². The van der Waals surface area contributed by atoms with E-state index in [4.69, 9.17) is 10.5 Å². The van der Waals surface area contributed by atoms with Gasteiger partial charge in [0.15, 0.2) is 0 Å². The molecule has 4 nitrogen and oxygen atoms in total. The quantitative estimate of drug-likeness (QED) is 0.643. The molecule has 5 heteroatoms. The predicted molar refractivity (Wildman–Crippen MR) is 75.0 cm³/mol. The number of benzene rings is 1. The van der Waals surface area contributed by atoms with Crippen LogP contribution in [0.3, 0.4) is 0 Å². The number of para-hydroxylation sites is 1. The molecule has 0 bridgehead atoms. The molecule has 1 heterocycles. The molecular weight excluding hydrogens is 246 g/mol. The van der Waals surface area contributed by atoms with Crippen LogP contribution in [0, 0.1) is 0 Å². The maximum absolute atomic E-state index is 5.86. The monoisotopic (exact) mass is 263 g/mol. The van der Waals surface area contributed by atoms with Crippen molar-refractivity contribution >= 4 is 17.6 Å². The lowest BCUT2D eigenvalue weighted by Crippen LogP contribution is -2.08. The van der Waals surface area contributed by atoms with E-state index in [9.17, 15) is 0 Å². The summed E-state index contributed by atoms with van der Waals surface area (Å²) in [5.41, 5.74) is 5.86. The Kier molecular flexibility index (Phi) is 4.52. The lowest BCUT2D eigenvalue weighted by molar-refractivity contribution is 0.299. The summed E-state index contributed by atoms with van der Waals surface area (Å²) >= 11 is 1.60. The van der Waals surface area contributed by atoms with E-state index in [1.807, 2.05) is 47.3 Å². The highest BCUT2D eigenvalue weighted by molar-refractivity contribution is 7.98. The van der Waals surface area contributed by atoms with Gasteiger partial charge in [-0.25, -0.2) is 4.68 Å². The molecule has 0 fully saturated rings. The molecule has 0 radical (unpaired) electrons. The number of nitrogens with two attached hydrogens (primary N) is 1. The molecule has 0 spiro atoms. The summed E-state index contributed by atoms with van der Waals surface area (Å²) in [6, 6.07) is 11.7. The number of thioether (sulfide) groups is 1. The second kappa shape index (κ2) is 6.35. The molecule has 0 saturated heterocycles. The molecule has 0 aliphatic heterocycles. The lowest BCUT2D eigenvalue weighted by atomic mass is 10.3. The Bertz CT molecular complexity index is 484. The Labute approximate surface area is 111 Å². The summed E-state index contributed by atoms with van der Waals surface area (Å²) in [6.45, 7) is 1.44. The third-order valence-electron chi connectivity index (χ3n) is 2.52. The predicted octanol–water partition coefficient (Wildman–Crippen LogP) is 2.66. The minimum atomic E-state index is 0.665. The van der Waals surface area contributed by atoms with E-state index >= 15 is 0 Å². The van der Waals surface area contributed by atoms with Crippen LogP contribution >= 0.6 is 11.8 Å². The van der Waals surface area contributed by atoms with Gasteiger partial charge in [0.25, 0.3) is 0 Å². The van der Waals surface area contributed by atoms with Crippen LogP contribution in [0.25, 0.3) is 0 Å². The summed E-state index contributed by atoms with van der Waals surface area (Å²) in [7, 11) is 0. The van der Waals surface area contributed by atoms with Crippen LogP contribution in [0.1, 0.15) is 6.42 Å². The first-order chi connectivity index (χ1) is 8.79. The first-order valence-electron chi connectivity index (χ1n) is 5.85. The number of rotatable bonds is 6. The zero-order valence-corrected chi connectivity index (χ0v) is 11.2. The fourth-order valence-electron chi connectivity index (χ4n) is 1.61. The average molecular weight is 263 g/mol. The van der Waals surface area contributed by atoms with Gasteiger partial charge in [0.1, 0.15) is 16.6 Å². The van der Waals surface area contributed by atoms with Crippen molar-refractivity contribution < 1.29 is 4.74 Å². The highest BCUT2D eigenvalue weighted by Gasteiger charge is 2.03. The molecule has 0 saturated carbocycles. The van der Waals surface area contributed by atoms with Gasteiger partial charge in [-0.05, 0) is 18.4 Å². The molecule has 2 N–H and O–H groups in total. The number of aryl methyl sites for hydroxylation is 1. The normalized spacial score (nSPS) is 10.5. The number of aromatic nitrogens is 2. The molecule has 96 valence electrons. The Hall–Kier alpha value is -1.62.